The average Bonchev–Trinajstić information content (AvgIpc) is 3.06. The maximum absolute atomic E-state index is 13.8. The van der Waals surface area contributed by atoms with Crippen LogP contribution in [0.3, 0.4) is 0 Å². The maximum atomic E-state index is 13.8. The Balaban J connectivity index is 2.39. The van der Waals surface area contributed by atoms with E-state index in [9.17, 15) is 12.8 Å². The van der Waals surface area contributed by atoms with Crippen LogP contribution in [-0.2, 0) is 10.0 Å². The van der Waals surface area contributed by atoms with Gasteiger partial charge in [-0.25, -0.2) is 17.1 Å². The third-order valence-electron chi connectivity index (χ3n) is 2.93. The molecule has 1 aliphatic carbocycles. The van der Waals surface area contributed by atoms with Crippen LogP contribution in [0.25, 0.3) is 0 Å². The third-order valence-corrected chi connectivity index (χ3v) is 4.97. The Bertz CT molecular complexity index is 573. The van der Waals surface area contributed by atoms with Gasteiger partial charge in [-0.3, -0.25) is 0 Å². The fourth-order valence-corrected chi connectivity index (χ4v) is 3.36. The van der Waals surface area contributed by atoms with Crippen LogP contribution in [0.15, 0.2) is 17.0 Å². The number of rotatable bonds is 4. The van der Waals surface area contributed by atoms with Gasteiger partial charge in [-0.2, -0.15) is 0 Å². The summed E-state index contributed by atoms with van der Waals surface area (Å²) in [5.74, 6) is -0.564. The van der Waals surface area contributed by atoms with Gasteiger partial charge < -0.3 is 5.73 Å². The van der Waals surface area contributed by atoms with Gasteiger partial charge in [0.25, 0.3) is 0 Å². The van der Waals surface area contributed by atoms with E-state index < -0.39 is 20.7 Å². The topological polar surface area (TPSA) is 63.4 Å². The summed E-state index contributed by atoms with van der Waals surface area (Å²) in [5.41, 5.74) is 5.13. The zero-order valence-electron chi connectivity index (χ0n) is 9.86. The Morgan fingerprint density at radius 1 is 1.50 bits per heavy atom. The third kappa shape index (κ3) is 2.60. The molecule has 1 aromatic carbocycles. The molecule has 0 unspecified atom stereocenters. The molecule has 0 atom stereocenters. The van der Waals surface area contributed by atoms with E-state index in [0.717, 1.165) is 23.2 Å². The van der Waals surface area contributed by atoms with Crippen molar-refractivity contribution in [1.82, 2.24) is 4.31 Å². The number of hydrogen-bond donors (Lipinski definition) is 1. The second-order valence-electron chi connectivity index (χ2n) is 4.54. The molecule has 0 aliphatic heterocycles. The molecular weight excluding hydrogens is 279 g/mol. The molecule has 100 valence electrons. The highest BCUT2D eigenvalue weighted by molar-refractivity contribution is 7.89. The van der Waals surface area contributed by atoms with Gasteiger partial charge >= 0.3 is 0 Å². The number of nitrogens with two attached hydrogens (primary N) is 1. The minimum absolute atomic E-state index is 0.104. The van der Waals surface area contributed by atoms with E-state index in [1.807, 2.05) is 0 Å². The molecule has 1 saturated carbocycles. The molecule has 1 fully saturated rings. The van der Waals surface area contributed by atoms with Crippen molar-refractivity contribution >= 4 is 27.3 Å². The molecule has 7 heteroatoms. The average molecular weight is 293 g/mol. The number of hydrogen-bond acceptors (Lipinski definition) is 3. The summed E-state index contributed by atoms with van der Waals surface area (Å²) in [6.07, 6.45) is 2.03. The van der Waals surface area contributed by atoms with Gasteiger partial charge in [0.2, 0.25) is 10.0 Å². The zero-order valence-corrected chi connectivity index (χ0v) is 11.4. The largest absolute Gasteiger partial charge is 0.396 e. The summed E-state index contributed by atoms with van der Waals surface area (Å²) in [6, 6.07) is 2.28. The highest BCUT2D eigenvalue weighted by Crippen LogP contribution is 2.32. The van der Waals surface area contributed by atoms with Gasteiger partial charge in [-0.1, -0.05) is 11.6 Å². The van der Waals surface area contributed by atoms with Crippen molar-refractivity contribution < 1.29 is 12.8 Å². The molecule has 2 N–H and O–H groups in total. The first kappa shape index (κ1) is 13.6. The number of nitrogen functional groups attached to an aromatic ring is 1. The second kappa shape index (κ2) is 4.68. The van der Waals surface area contributed by atoms with Crippen molar-refractivity contribution in [3.63, 3.8) is 0 Å². The van der Waals surface area contributed by atoms with Crippen molar-refractivity contribution in [3.8, 4) is 0 Å². The lowest BCUT2D eigenvalue weighted by Gasteiger charge is -2.17. The molecule has 18 heavy (non-hydrogen) atoms. The number of halogens is 2. The molecule has 0 spiro atoms. The van der Waals surface area contributed by atoms with Crippen molar-refractivity contribution in [1.29, 1.82) is 0 Å². The van der Waals surface area contributed by atoms with E-state index in [4.69, 9.17) is 17.3 Å². The number of anilines is 1. The summed E-state index contributed by atoms with van der Waals surface area (Å²) in [6.45, 7) is 0.397. The zero-order chi connectivity index (χ0) is 13.5. The first-order valence-electron chi connectivity index (χ1n) is 5.53. The summed E-state index contributed by atoms with van der Waals surface area (Å²) in [4.78, 5) is -0.462. The summed E-state index contributed by atoms with van der Waals surface area (Å²) in [5, 5.41) is 0.104. The van der Waals surface area contributed by atoms with Crippen LogP contribution in [0, 0.1) is 11.7 Å². The SMILES string of the molecule is CN(CC1CC1)S(=O)(=O)c1cc(Cl)cc(N)c1F. The lowest BCUT2D eigenvalue weighted by atomic mass is 10.3. The Morgan fingerprint density at radius 3 is 2.67 bits per heavy atom. The molecule has 0 amide bonds. The van der Waals surface area contributed by atoms with Crippen molar-refractivity contribution in [2.45, 2.75) is 17.7 Å². The normalized spacial score (nSPS) is 16.2. The van der Waals surface area contributed by atoms with E-state index in [-0.39, 0.29) is 10.7 Å². The molecule has 0 radical (unpaired) electrons. The van der Waals surface area contributed by atoms with Crippen LogP contribution in [-0.4, -0.2) is 26.3 Å². The first-order chi connectivity index (χ1) is 8.32. The molecule has 1 aromatic rings. The van der Waals surface area contributed by atoms with Crippen LogP contribution >= 0.6 is 11.6 Å². The summed E-state index contributed by atoms with van der Waals surface area (Å²) in [7, 11) is -2.44. The Kier molecular flexibility index (Phi) is 3.53. The number of nitrogens with zero attached hydrogens (tertiary/aromatic N) is 1. The van der Waals surface area contributed by atoms with Gasteiger partial charge in [0, 0.05) is 18.6 Å². The van der Waals surface area contributed by atoms with E-state index in [1.54, 1.807) is 0 Å². The maximum Gasteiger partial charge on any atom is 0.245 e. The van der Waals surface area contributed by atoms with Crippen LogP contribution in [0.2, 0.25) is 5.02 Å². The fourth-order valence-electron chi connectivity index (χ4n) is 1.70. The second-order valence-corrected chi connectivity index (χ2v) is 6.99. The Morgan fingerprint density at radius 2 is 2.11 bits per heavy atom. The molecule has 4 nitrogen and oxygen atoms in total. The smallest absolute Gasteiger partial charge is 0.245 e. The molecule has 0 bridgehead atoms. The van der Waals surface area contributed by atoms with Crippen molar-refractivity contribution in [2.75, 3.05) is 19.3 Å². The van der Waals surface area contributed by atoms with E-state index >= 15 is 0 Å². The van der Waals surface area contributed by atoms with Crippen LogP contribution in [0.1, 0.15) is 12.8 Å². The lowest BCUT2D eigenvalue weighted by molar-refractivity contribution is 0.447. The minimum Gasteiger partial charge on any atom is -0.396 e. The van der Waals surface area contributed by atoms with E-state index in [0.29, 0.717) is 12.5 Å². The summed E-state index contributed by atoms with van der Waals surface area (Å²) >= 11 is 5.72. The minimum atomic E-state index is -3.88. The van der Waals surface area contributed by atoms with Gasteiger partial charge in [0.15, 0.2) is 5.82 Å². The Hall–Kier alpha value is -0.850. The highest BCUT2D eigenvalue weighted by atomic mass is 35.5. The molecular formula is C11H14ClFN2O2S. The van der Waals surface area contributed by atoms with Gasteiger partial charge in [0.05, 0.1) is 5.69 Å². The van der Waals surface area contributed by atoms with Crippen LogP contribution in [0.5, 0.6) is 0 Å². The quantitative estimate of drug-likeness (QED) is 0.864. The molecule has 1 aliphatic rings. The van der Waals surface area contributed by atoms with Crippen molar-refractivity contribution in [2.24, 2.45) is 5.92 Å². The predicted molar refractivity (Wildman–Crippen MR) is 68.4 cm³/mol. The van der Waals surface area contributed by atoms with E-state index in [2.05, 4.69) is 0 Å². The Labute approximate surface area is 111 Å². The van der Waals surface area contributed by atoms with Gasteiger partial charge in [-0.05, 0) is 30.9 Å². The fraction of sp³-hybridized carbons (Fsp3) is 0.455. The molecule has 0 aromatic heterocycles. The first-order valence-corrected chi connectivity index (χ1v) is 7.35. The van der Waals surface area contributed by atoms with Crippen LogP contribution in [0.4, 0.5) is 10.1 Å². The van der Waals surface area contributed by atoms with Crippen molar-refractivity contribution in [3.05, 3.63) is 23.0 Å². The lowest BCUT2D eigenvalue weighted by Crippen LogP contribution is -2.29. The monoisotopic (exact) mass is 292 g/mol. The molecule has 2 rings (SSSR count). The molecule has 0 heterocycles. The molecule has 0 saturated heterocycles. The van der Waals surface area contributed by atoms with Gasteiger partial charge in [-0.15, -0.1) is 0 Å². The summed E-state index contributed by atoms with van der Waals surface area (Å²) < 4.78 is 39.3. The number of benzene rings is 1. The predicted octanol–water partition coefficient (Wildman–Crippen LogP) is 2.09. The standard InChI is InChI=1S/C11H14ClFN2O2S/c1-15(6-7-2-3-7)18(16,17)10-5-8(12)4-9(14)11(10)13/h4-5,7H,2-3,6,14H2,1H3. The highest BCUT2D eigenvalue weighted by Gasteiger charge is 2.31. The van der Waals surface area contributed by atoms with E-state index in [1.165, 1.54) is 13.1 Å². The van der Waals surface area contributed by atoms with Crippen LogP contribution < -0.4 is 5.73 Å². The van der Waals surface area contributed by atoms with Gasteiger partial charge in [0.1, 0.15) is 4.90 Å². The number of sulfonamides is 1.